The van der Waals surface area contributed by atoms with Crippen LogP contribution in [0.3, 0.4) is 0 Å². The number of aliphatic hydroxyl groups is 2. The number of ether oxygens (including phenoxy) is 1. The lowest BCUT2D eigenvalue weighted by Crippen LogP contribution is -2.36. The molecule has 1 aromatic heterocycles. The van der Waals surface area contributed by atoms with Crippen molar-refractivity contribution in [2.24, 2.45) is 7.05 Å². The Morgan fingerprint density at radius 1 is 1.14 bits per heavy atom. The van der Waals surface area contributed by atoms with Gasteiger partial charge in [-0.1, -0.05) is 18.2 Å². The fraction of sp³-hybridized carbons (Fsp3) is 0.346. The van der Waals surface area contributed by atoms with E-state index in [1.807, 2.05) is 23.7 Å². The number of morpholine rings is 1. The summed E-state index contributed by atoms with van der Waals surface area (Å²) in [6.45, 7) is 3.81. The molecule has 2 aromatic carbocycles. The molecule has 1 aliphatic heterocycles. The largest absolute Gasteiger partial charge is 0.394 e. The van der Waals surface area contributed by atoms with Gasteiger partial charge in [0.15, 0.2) is 4.91 Å². The van der Waals surface area contributed by atoms with Crippen LogP contribution < -0.4 is 9.62 Å². The van der Waals surface area contributed by atoms with Gasteiger partial charge in [0, 0.05) is 49.3 Å². The molecule has 2 heterocycles. The molecule has 0 spiro atoms. The molecular weight excluding hydrogens is 480 g/mol. The second kappa shape index (κ2) is 10.8. The lowest BCUT2D eigenvalue weighted by molar-refractivity contribution is 0.0989. The van der Waals surface area contributed by atoms with E-state index in [1.165, 1.54) is 5.69 Å². The van der Waals surface area contributed by atoms with Crippen LogP contribution in [0.4, 0.5) is 5.69 Å². The summed E-state index contributed by atoms with van der Waals surface area (Å²) >= 11 is 0. The second-order valence-corrected chi connectivity index (χ2v) is 10.5. The van der Waals surface area contributed by atoms with Crippen LogP contribution in [0.2, 0.25) is 0 Å². The van der Waals surface area contributed by atoms with Gasteiger partial charge in [-0.25, -0.2) is 13.1 Å². The molecule has 4 rings (SSSR count). The van der Waals surface area contributed by atoms with E-state index in [0.29, 0.717) is 5.69 Å². The van der Waals surface area contributed by atoms with Gasteiger partial charge in [0.1, 0.15) is 6.07 Å². The lowest BCUT2D eigenvalue weighted by Gasteiger charge is -2.29. The number of rotatable bonds is 8. The second-order valence-electron chi connectivity index (χ2n) is 8.76. The lowest BCUT2D eigenvalue weighted by atomic mass is 10.0. The highest BCUT2D eigenvalue weighted by Crippen LogP contribution is 2.31. The predicted molar refractivity (Wildman–Crippen MR) is 140 cm³/mol. The van der Waals surface area contributed by atoms with Crippen molar-refractivity contribution in [2.75, 3.05) is 44.4 Å². The van der Waals surface area contributed by atoms with Crippen LogP contribution >= 0.6 is 0 Å². The SMILES string of the molecule is C/C(=C(/C#N)S(=O)(=O)NCC(O)CO)c1ccc(-c2ccc3cc(N4CCOCC4)ccc3c2)n1C. The van der Waals surface area contributed by atoms with Crippen LogP contribution in [0.5, 0.6) is 0 Å². The Morgan fingerprint density at radius 2 is 1.83 bits per heavy atom. The molecule has 0 radical (unpaired) electrons. The number of nitrogens with one attached hydrogen (secondary N) is 1. The molecule has 9 nitrogen and oxygen atoms in total. The van der Waals surface area contributed by atoms with Crippen LogP contribution in [0, 0.1) is 11.3 Å². The van der Waals surface area contributed by atoms with Gasteiger partial charge in [0.05, 0.1) is 25.9 Å². The number of nitrogens with zero attached hydrogens (tertiary/aromatic N) is 3. The zero-order chi connectivity index (χ0) is 25.9. The molecule has 10 heteroatoms. The molecule has 1 aliphatic rings. The number of benzene rings is 2. The zero-order valence-electron chi connectivity index (χ0n) is 20.3. The summed E-state index contributed by atoms with van der Waals surface area (Å²) in [7, 11) is -2.34. The average molecular weight is 511 g/mol. The molecule has 1 atom stereocenters. The van der Waals surface area contributed by atoms with Gasteiger partial charge in [-0.3, -0.25) is 0 Å². The normalized spacial score (nSPS) is 16.0. The van der Waals surface area contributed by atoms with Gasteiger partial charge < -0.3 is 24.4 Å². The third-order valence-electron chi connectivity index (χ3n) is 6.43. The first kappa shape index (κ1) is 25.9. The summed E-state index contributed by atoms with van der Waals surface area (Å²) in [6, 6.07) is 18.1. The maximum absolute atomic E-state index is 12.7. The third kappa shape index (κ3) is 5.31. The summed E-state index contributed by atoms with van der Waals surface area (Å²) in [4.78, 5) is 1.88. The first-order valence-electron chi connectivity index (χ1n) is 11.7. The van der Waals surface area contributed by atoms with Crippen molar-refractivity contribution in [3.05, 3.63) is 59.1 Å². The molecule has 36 heavy (non-hydrogen) atoms. The Kier molecular flexibility index (Phi) is 7.78. The van der Waals surface area contributed by atoms with E-state index in [0.717, 1.165) is 48.3 Å². The highest BCUT2D eigenvalue weighted by atomic mass is 32.2. The van der Waals surface area contributed by atoms with Crippen molar-refractivity contribution >= 4 is 32.1 Å². The van der Waals surface area contributed by atoms with Crippen LogP contribution in [-0.4, -0.2) is 68.8 Å². The highest BCUT2D eigenvalue weighted by Gasteiger charge is 2.23. The minimum Gasteiger partial charge on any atom is -0.394 e. The van der Waals surface area contributed by atoms with E-state index in [2.05, 4.69) is 40.0 Å². The number of allylic oxidation sites excluding steroid dienone is 2. The van der Waals surface area contributed by atoms with E-state index in [4.69, 9.17) is 9.84 Å². The molecule has 190 valence electrons. The minimum absolute atomic E-state index is 0.285. The van der Waals surface area contributed by atoms with Crippen molar-refractivity contribution in [1.82, 2.24) is 9.29 Å². The first-order chi connectivity index (χ1) is 17.2. The van der Waals surface area contributed by atoms with Crippen LogP contribution in [-0.2, 0) is 21.8 Å². The molecule has 0 amide bonds. The minimum atomic E-state index is -4.17. The molecule has 1 unspecified atom stereocenters. The van der Waals surface area contributed by atoms with Gasteiger partial charge >= 0.3 is 0 Å². The number of nitriles is 1. The molecule has 3 aromatic rings. The van der Waals surface area contributed by atoms with E-state index in [-0.39, 0.29) is 12.1 Å². The fourth-order valence-corrected chi connectivity index (χ4v) is 5.58. The summed E-state index contributed by atoms with van der Waals surface area (Å²) in [5.41, 5.74) is 3.88. The van der Waals surface area contributed by atoms with E-state index < -0.39 is 27.6 Å². The number of fused-ring (bicyclic) bond motifs is 1. The summed E-state index contributed by atoms with van der Waals surface area (Å²) in [5, 5.41) is 30.2. The molecule has 0 saturated carbocycles. The Balaban J connectivity index is 1.64. The molecule has 1 saturated heterocycles. The van der Waals surface area contributed by atoms with Crippen LogP contribution in [0.25, 0.3) is 27.6 Å². The number of sulfonamides is 1. The number of hydrogen-bond donors (Lipinski definition) is 3. The Bertz CT molecular complexity index is 1430. The van der Waals surface area contributed by atoms with Crippen molar-refractivity contribution in [2.45, 2.75) is 13.0 Å². The molecule has 3 N–H and O–H groups in total. The number of aromatic nitrogens is 1. The first-order valence-corrected chi connectivity index (χ1v) is 13.2. The Labute approximate surface area is 210 Å². The zero-order valence-corrected chi connectivity index (χ0v) is 21.1. The van der Waals surface area contributed by atoms with Gasteiger partial charge in [-0.2, -0.15) is 5.26 Å². The fourth-order valence-electron chi connectivity index (χ4n) is 4.39. The monoisotopic (exact) mass is 510 g/mol. The van der Waals surface area contributed by atoms with Crippen molar-refractivity contribution in [3.8, 4) is 17.3 Å². The standard InChI is InChI=1S/C26H30N4O5S/c1-18(26(15-27)36(33,34)28-16-23(32)17-31)24-7-8-25(29(24)2)21-4-3-20-14-22(6-5-19(20)13-21)30-9-11-35-12-10-30/h3-8,13-14,23,28,31-32H,9-12,16-17H2,1-2H3/b26-18+. The van der Waals surface area contributed by atoms with Crippen molar-refractivity contribution in [3.63, 3.8) is 0 Å². The van der Waals surface area contributed by atoms with Gasteiger partial charge in [0.2, 0.25) is 0 Å². The van der Waals surface area contributed by atoms with Gasteiger partial charge in [-0.15, -0.1) is 0 Å². The number of anilines is 1. The summed E-state index contributed by atoms with van der Waals surface area (Å²) in [5.74, 6) is 0. The topological polar surface area (TPSA) is 128 Å². The van der Waals surface area contributed by atoms with Crippen molar-refractivity contribution < 1.29 is 23.4 Å². The van der Waals surface area contributed by atoms with Crippen LogP contribution in [0.1, 0.15) is 12.6 Å². The Hall–Kier alpha value is -3.20. The quantitative estimate of drug-likeness (QED) is 0.397. The van der Waals surface area contributed by atoms with E-state index >= 15 is 0 Å². The van der Waals surface area contributed by atoms with Crippen LogP contribution in [0.15, 0.2) is 53.4 Å². The van der Waals surface area contributed by atoms with E-state index in [1.54, 1.807) is 19.1 Å². The van der Waals surface area contributed by atoms with Crippen molar-refractivity contribution in [1.29, 1.82) is 5.26 Å². The highest BCUT2D eigenvalue weighted by molar-refractivity contribution is 7.93. The van der Waals surface area contributed by atoms with Gasteiger partial charge in [0.25, 0.3) is 10.0 Å². The molecule has 0 bridgehead atoms. The average Bonchev–Trinajstić information content (AvgIpc) is 3.28. The summed E-state index contributed by atoms with van der Waals surface area (Å²) in [6.07, 6.45) is -1.25. The molecular formula is C26H30N4O5S. The summed E-state index contributed by atoms with van der Waals surface area (Å²) < 4.78 is 34.8. The number of hydrogen-bond acceptors (Lipinski definition) is 7. The smallest absolute Gasteiger partial charge is 0.251 e. The van der Waals surface area contributed by atoms with E-state index in [9.17, 15) is 18.8 Å². The number of aliphatic hydroxyl groups excluding tert-OH is 2. The third-order valence-corrected chi connectivity index (χ3v) is 7.91. The van der Waals surface area contributed by atoms with Gasteiger partial charge in [-0.05, 0) is 53.6 Å². The molecule has 1 fully saturated rings. The molecule has 0 aliphatic carbocycles. The predicted octanol–water partition coefficient (Wildman–Crippen LogP) is 2.21. The Morgan fingerprint density at radius 3 is 2.53 bits per heavy atom. The maximum Gasteiger partial charge on any atom is 0.251 e. The maximum atomic E-state index is 12.7.